The first kappa shape index (κ1) is 20.6. The molecule has 2 rings (SSSR count). The number of hydrogen-bond donors (Lipinski definition) is 3. The number of aryl methyl sites for hydroxylation is 1. The molecule has 0 amide bonds. The fraction of sp³-hybridized carbons (Fsp3) is 0.455. The van der Waals surface area contributed by atoms with Crippen molar-refractivity contribution in [3.8, 4) is 11.1 Å². The highest BCUT2D eigenvalue weighted by atomic mass is 16.5. The minimum Gasteiger partial charge on any atom is -0.394 e. The van der Waals surface area contributed by atoms with Gasteiger partial charge >= 0.3 is 0 Å². The van der Waals surface area contributed by atoms with Gasteiger partial charge in [0.25, 0.3) is 0 Å². The van der Waals surface area contributed by atoms with Gasteiger partial charge in [0, 0.05) is 5.54 Å². The van der Waals surface area contributed by atoms with Crippen molar-refractivity contribution in [2.45, 2.75) is 51.4 Å². The zero-order valence-electron chi connectivity index (χ0n) is 16.2. The summed E-state index contributed by atoms with van der Waals surface area (Å²) < 4.78 is 5.88. The molecule has 4 N–H and O–H groups in total. The Morgan fingerprint density at radius 2 is 1.46 bits per heavy atom. The first-order valence-corrected chi connectivity index (χ1v) is 9.04. The predicted molar refractivity (Wildman–Crippen MR) is 106 cm³/mol. The Bertz CT molecular complexity index is 721. The van der Waals surface area contributed by atoms with Crippen molar-refractivity contribution in [1.82, 2.24) is 0 Å². The van der Waals surface area contributed by atoms with E-state index in [1.165, 1.54) is 11.1 Å². The van der Waals surface area contributed by atoms with E-state index in [4.69, 9.17) is 10.5 Å². The molecule has 0 fully saturated rings. The molecule has 0 radical (unpaired) electrons. The average molecular weight is 357 g/mol. The van der Waals surface area contributed by atoms with Gasteiger partial charge in [-0.25, -0.2) is 0 Å². The molecule has 0 saturated carbocycles. The van der Waals surface area contributed by atoms with Gasteiger partial charge in [0.1, 0.15) is 6.10 Å². The van der Waals surface area contributed by atoms with E-state index >= 15 is 0 Å². The zero-order chi connectivity index (χ0) is 19.4. The van der Waals surface area contributed by atoms with Crippen molar-refractivity contribution in [2.75, 3.05) is 13.2 Å². The minimum atomic E-state index is -0.641. The third-order valence-corrected chi connectivity index (χ3v) is 4.66. The quantitative estimate of drug-likeness (QED) is 0.677. The lowest BCUT2D eigenvalue weighted by Crippen LogP contribution is -2.45. The van der Waals surface area contributed by atoms with E-state index in [0.29, 0.717) is 6.42 Å². The number of rotatable bonds is 8. The predicted octanol–water partition coefficient (Wildman–Crippen LogP) is 3.37. The van der Waals surface area contributed by atoms with Crippen molar-refractivity contribution in [3.05, 3.63) is 59.7 Å². The average Bonchev–Trinajstić information content (AvgIpc) is 2.59. The summed E-state index contributed by atoms with van der Waals surface area (Å²) in [6, 6.07) is 16.5. The lowest BCUT2D eigenvalue weighted by molar-refractivity contribution is -0.118. The molecule has 0 aliphatic carbocycles. The van der Waals surface area contributed by atoms with Crippen LogP contribution < -0.4 is 5.73 Å². The Hall–Kier alpha value is -1.72. The molecule has 142 valence electrons. The second-order valence-electron chi connectivity index (χ2n) is 7.82. The fourth-order valence-electron chi connectivity index (χ4n) is 3.70. The molecular formula is C22H31NO3. The first-order chi connectivity index (χ1) is 12.2. The van der Waals surface area contributed by atoms with Crippen LogP contribution in [-0.2, 0) is 10.3 Å². The number of aliphatic hydroxyl groups excluding tert-OH is 2. The Balaban J connectivity index is 2.37. The van der Waals surface area contributed by atoms with Crippen LogP contribution in [0, 0.1) is 6.92 Å². The Kier molecular flexibility index (Phi) is 6.58. The van der Waals surface area contributed by atoms with Crippen molar-refractivity contribution in [1.29, 1.82) is 0 Å². The van der Waals surface area contributed by atoms with E-state index in [-0.39, 0.29) is 13.2 Å². The van der Waals surface area contributed by atoms with Gasteiger partial charge in [0.05, 0.1) is 18.8 Å². The summed E-state index contributed by atoms with van der Waals surface area (Å²) >= 11 is 0. The molecule has 4 heteroatoms. The zero-order valence-corrected chi connectivity index (χ0v) is 16.2. The Morgan fingerprint density at radius 1 is 0.923 bits per heavy atom. The van der Waals surface area contributed by atoms with Gasteiger partial charge in [-0.1, -0.05) is 48.5 Å². The second-order valence-corrected chi connectivity index (χ2v) is 7.82. The maximum absolute atomic E-state index is 9.31. The van der Waals surface area contributed by atoms with Crippen LogP contribution in [0.25, 0.3) is 11.1 Å². The summed E-state index contributed by atoms with van der Waals surface area (Å²) in [5.41, 5.74) is 10.1. The number of benzene rings is 2. The summed E-state index contributed by atoms with van der Waals surface area (Å²) in [6.07, 6.45) is -0.0632. The molecular weight excluding hydrogens is 326 g/mol. The third kappa shape index (κ3) is 4.92. The maximum Gasteiger partial charge on any atom is 0.104 e. The normalized spacial score (nSPS) is 14.5. The molecule has 0 aliphatic rings. The van der Waals surface area contributed by atoms with Crippen LogP contribution in [0.4, 0.5) is 0 Å². The highest BCUT2D eigenvalue weighted by Crippen LogP contribution is 2.37. The van der Waals surface area contributed by atoms with E-state index in [1.807, 2.05) is 45.0 Å². The van der Waals surface area contributed by atoms with E-state index < -0.39 is 17.2 Å². The molecule has 0 aromatic heterocycles. The number of ether oxygens (including phenoxy) is 1. The topological polar surface area (TPSA) is 75.7 Å². The molecule has 0 aliphatic heterocycles. The molecule has 2 aromatic rings. The second kappa shape index (κ2) is 8.31. The van der Waals surface area contributed by atoms with Gasteiger partial charge < -0.3 is 20.7 Å². The van der Waals surface area contributed by atoms with Crippen LogP contribution in [-0.4, -0.2) is 35.1 Å². The Labute approximate surface area is 156 Å². The van der Waals surface area contributed by atoms with Gasteiger partial charge in [-0.05, 0) is 56.4 Å². The molecule has 0 bridgehead atoms. The monoisotopic (exact) mass is 357 g/mol. The smallest absolute Gasteiger partial charge is 0.104 e. The van der Waals surface area contributed by atoms with Crippen LogP contribution in [0.1, 0.15) is 38.3 Å². The van der Waals surface area contributed by atoms with Crippen molar-refractivity contribution in [2.24, 2.45) is 5.73 Å². The largest absolute Gasteiger partial charge is 0.394 e. The molecule has 4 nitrogen and oxygen atoms in total. The number of hydrogen-bond acceptors (Lipinski definition) is 4. The summed E-state index contributed by atoms with van der Waals surface area (Å²) in [4.78, 5) is 0. The number of nitrogens with two attached hydrogens (primary N) is 1. The SMILES string of the molecule is Cc1ccccc1-c1ccccc1C(C)(N)CC(C)(C)OC(CO)CO. The van der Waals surface area contributed by atoms with Gasteiger partial charge in [-0.3, -0.25) is 0 Å². The maximum atomic E-state index is 9.31. The Morgan fingerprint density at radius 3 is 2.04 bits per heavy atom. The van der Waals surface area contributed by atoms with Crippen LogP contribution >= 0.6 is 0 Å². The molecule has 26 heavy (non-hydrogen) atoms. The van der Waals surface area contributed by atoms with Crippen molar-refractivity contribution >= 4 is 0 Å². The lowest BCUT2D eigenvalue weighted by Gasteiger charge is -2.38. The van der Waals surface area contributed by atoms with E-state index in [2.05, 4.69) is 31.2 Å². The van der Waals surface area contributed by atoms with Crippen LogP contribution in [0.5, 0.6) is 0 Å². The molecule has 1 atom stereocenters. The molecule has 1 unspecified atom stereocenters. The van der Waals surface area contributed by atoms with E-state index in [1.54, 1.807) is 0 Å². The highest BCUT2D eigenvalue weighted by Gasteiger charge is 2.34. The molecule has 0 heterocycles. The summed E-state index contributed by atoms with van der Waals surface area (Å²) in [5.74, 6) is 0. The summed E-state index contributed by atoms with van der Waals surface area (Å²) in [7, 11) is 0. The number of aliphatic hydroxyl groups is 2. The minimum absolute atomic E-state index is 0.221. The van der Waals surface area contributed by atoms with Gasteiger partial charge in [0.15, 0.2) is 0 Å². The van der Waals surface area contributed by atoms with Gasteiger partial charge in [0.2, 0.25) is 0 Å². The molecule has 0 spiro atoms. The summed E-state index contributed by atoms with van der Waals surface area (Å²) in [6.45, 7) is 7.53. The van der Waals surface area contributed by atoms with Gasteiger partial charge in [-0.2, -0.15) is 0 Å². The van der Waals surface area contributed by atoms with E-state index in [0.717, 1.165) is 11.1 Å². The van der Waals surface area contributed by atoms with E-state index in [9.17, 15) is 10.2 Å². The van der Waals surface area contributed by atoms with Crippen molar-refractivity contribution in [3.63, 3.8) is 0 Å². The van der Waals surface area contributed by atoms with Crippen LogP contribution in [0.15, 0.2) is 48.5 Å². The van der Waals surface area contributed by atoms with Crippen molar-refractivity contribution < 1.29 is 14.9 Å². The molecule has 0 saturated heterocycles. The van der Waals surface area contributed by atoms with Crippen LogP contribution in [0.3, 0.4) is 0 Å². The fourth-order valence-corrected chi connectivity index (χ4v) is 3.70. The highest BCUT2D eigenvalue weighted by molar-refractivity contribution is 5.71. The summed E-state index contributed by atoms with van der Waals surface area (Å²) in [5, 5.41) is 18.6. The molecule has 2 aromatic carbocycles. The standard InChI is InChI=1S/C22H31NO3/c1-16-9-5-6-10-18(16)19-11-7-8-12-20(19)22(4,23)15-21(2,3)26-17(13-24)14-25/h5-12,17,24-25H,13-15,23H2,1-4H3. The first-order valence-electron chi connectivity index (χ1n) is 9.04. The van der Waals surface area contributed by atoms with Gasteiger partial charge in [-0.15, -0.1) is 0 Å². The lowest BCUT2D eigenvalue weighted by atomic mass is 9.79. The third-order valence-electron chi connectivity index (χ3n) is 4.66. The van der Waals surface area contributed by atoms with Crippen LogP contribution in [0.2, 0.25) is 0 Å².